The minimum Gasteiger partial charge on any atom is -0.385 e. The Hall–Kier alpha value is -1.48. The highest BCUT2D eigenvalue weighted by Gasteiger charge is 2.43. The third-order valence-electron chi connectivity index (χ3n) is 5.67. The van der Waals surface area contributed by atoms with Crippen LogP contribution in [0.15, 0.2) is 18.2 Å². The van der Waals surface area contributed by atoms with Crippen molar-refractivity contribution in [1.29, 1.82) is 0 Å². The van der Waals surface area contributed by atoms with Gasteiger partial charge in [0.25, 0.3) is 0 Å². The van der Waals surface area contributed by atoms with Crippen LogP contribution < -0.4 is 4.90 Å². The molecule has 3 heteroatoms. The van der Waals surface area contributed by atoms with Gasteiger partial charge in [0.05, 0.1) is 5.60 Å². The number of benzene rings is 1. The fourth-order valence-corrected chi connectivity index (χ4v) is 4.32. The van der Waals surface area contributed by atoms with Crippen LogP contribution in [-0.2, 0) is 12.6 Å². The van der Waals surface area contributed by atoms with Gasteiger partial charge in [-0.1, -0.05) is 6.07 Å². The lowest BCUT2D eigenvalue weighted by atomic mass is 9.84. The Kier molecular flexibility index (Phi) is 1.90. The van der Waals surface area contributed by atoms with Crippen molar-refractivity contribution in [3.05, 3.63) is 29.3 Å². The maximum Gasteiger partial charge on any atom is 0.112 e. The van der Waals surface area contributed by atoms with Gasteiger partial charge in [-0.25, -0.2) is 0 Å². The summed E-state index contributed by atoms with van der Waals surface area (Å²) in [7, 11) is 2.19. The summed E-state index contributed by atoms with van der Waals surface area (Å²) in [5.41, 5.74) is 3.47. The zero-order chi connectivity index (χ0) is 13.5. The molecule has 3 aliphatic heterocycles. The first-order valence-corrected chi connectivity index (χ1v) is 7.77. The molecule has 0 radical (unpaired) electrons. The number of aryl methyl sites for hydroxylation is 1. The highest BCUT2D eigenvalue weighted by atomic mass is 16.3. The molecule has 6 rings (SSSR count). The first-order chi connectivity index (χ1) is 9.67. The van der Waals surface area contributed by atoms with Gasteiger partial charge < -0.3 is 14.6 Å². The molecule has 2 bridgehead atoms. The van der Waals surface area contributed by atoms with Gasteiger partial charge in [-0.15, -0.1) is 0 Å². The van der Waals surface area contributed by atoms with Crippen molar-refractivity contribution >= 4 is 16.7 Å². The molecule has 3 nitrogen and oxygen atoms in total. The number of fused-ring (bicyclic) bond motifs is 3. The summed E-state index contributed by atoms with van der Waals surface area (Å²) in [6, 6.07) is 6.60. The molecule has 2 fully saturated rings. The van der Waals surface area contributed by atoms with Crippen LogP contribution >= 0.6 is 0 Å². The SMILES string of the molecule is Cn1c2c(c3cc(C4(O)CC4)ccc31)C1CCN2CC1. The van der Waals surface area contributed by atoms with E-state index in [4.69, 9.17) is 0 Å². The number of hydrogen-bond acceptors (Lipinski definition) is 2. The van der Waals surface area contributed by atoms with Crippen LogP contribution in [0.2, 0.25) is 0 Å². The fourth-order valence-electron chi connectivity index (χ4n) is 4.32. The van der Waals surface area contributed by atoms with E-state index in [9.17, 15) is 5.11 Å². The van der Waals surface area contributed by atoms with Crippen molar-refractivity contribution in [2.75, 3.05) is 18.0 Å². The topological polar surface area (TPSA) is 28.4 Å². The van der Waals surface area contributed by atoms with Crippen LogP contribution in [0.5, 0.6) is 0 Å². The molecular weight excluding hydrogens is 248 g/mol. The highest BCUT2D eigenvalue weighted by molar-refractivity contribution is 5.92. The summed E-state index contributed by atoms with van der Waals surface area (Å²) < 4.78 is 2.36. The molecule has 1 aliphatic carbocycles. The Labute approximate surface area is 118 Å². The molecule has 1 aromatic heterocycles. The third-order valence-corrected chi connectivity index (χ3v) is 5.67. The Balaban J connectivity index is 1.82. The van der Waals surface area contributed by atoms with Crippen LogP contribution in [0, 0.1) is 0 Å². The maximum atomic E-state index is 10.4. The number of anilines is 1. The number of aliphatic hydroxyl groups is 1. The van der Waals surface area contributed by atoms with E-state index in [2.05, 4.69) is 34.7 Å². The zero-order valence-corrected chi connectivity index (χ0v) is 11.9. The molecule has 20 heavy (non-hydrogen) atoms. The number of hydrogen-bond donors (Lipinski definition) is 1. The van der Waals surface area contributed by atoms with E-state index in [1.807, 2.05) is 0 Å². The molecule has 0 unspecified atom stereocenters. The predicted molar refractivity (Wildman–Crippen MR) is 80.2 cm³/mol. The summed E-state index contributed by atoms with van der Waals surface area (Å²) >= 11 is 0. The average Bonchev–Trinajstić information content (AvgIpc) is 3.17. The van der Waals surface area contributed by atoms with E-state index >= 15 is 0 Å². The van der Waals surface area contributed by atoms with Crippen molar-refractivity contribution in [2.45, 2.75) is 37.2 Å². The highest BCUT2D eigenvalue weighted by Crippen LogP contribution is 2.50. The molecule has 1 saturated carbocycles. The van der Waals surface area contributed by atoms with Crippen LogP contribution in [-0.4, -0.2) is 22.8 Å². The summed E-state index contributed by atoms with van der Waals surface area (Å²) in [4.78, 5) is 2.54. The summed E-state index contributed by atoms with van der Waals surface area (Å²) in [6.45, 7) is 2.41. The second-order valence-electron chi connectivity index (χ2n) is 6.82. The molecule has 4 aliphatic rings. The smallest absolute Gasteiger partial charge is 0.112 e. The van der Waals surface area contributed by atoms with Crippen LogP contribution in [0.3, 0.4) is 0 Å². The Morgan fingerprint density at radius 3 is 2.65 bits per heavy atom. The monoisotopic (exact) mass is 268 g/mol. The maximum absolute atomic E-state index is 10.4. The molecule has 0 atom stereocenters. The lowest BCUT2D eigenvalue weighted by Crippen LogP contribution is -2.39. The number of rotatable bonds is 1. The number of piperidine rings is 1. The minimum absolute atomic E-state index is 0.523. The van der Waals surface area contributed by atoms with E-state index < -0.39 is 5.60 Å². The second kappa shape index (κ2) is 3.40. The van der Waals surface area contributed by atoms with Gasteiger partial charge in [0.15, 0.2) is 0 Å². The quantitative estimate of drug-likeness (QED) is 0.861. The van der Waals surface area contributed by atoms with Gasteiger partial charge >= 0.3 is 0 Å². The van der Waals surface area contributed by atoms with Crippen LogP contribution in [0.25, 0.3) is 10.9 Å². The standard InChI is InChI=1S/C17H20N2O/c1-18-14-3-2-12(17(20)6-7-17)10-13(14)15-11-4-8-19(9-5-11)16(15)18/h2-3,10-11,20H,4-9H2,1H3. The molecule has 0 spiro atoms. The van der Waals surface area contributed by atoms with Crippen LogP contribution in [0.1, 0.15) is 42.7 Å². The second-order valence-corrected chi connectivity index (χ2v) is 6.82. The van der Waals surface area contributed by atoms with Crippen molar-refractivity contribution in [1.82, 2.24) is 4.57 Å². The molecule has 2 aromatic rings. The Bertz CT molecular complexity index is 718. The molecule has 1 saturated heterocycles. The van der Waals surface area contributed by atoms with Gasteiger partial charge in [-0.2, -0.15) is 0 Å². The predicted octanol–water partition coefficient (Wildman–Crippen LogP) is 2.86. The summed E-state index contributed by atoms with van der Waals surface area (Å²) in [6.07, 6.45) is 4.42. The first-order valence-electron chi connectivity index (χ1n) is 7.77. The normalized spacial score (nSPS) is 23.4. The van der Waals surface area contributed by atoms with Crippen LogP contribution in [0.4, 0.5) is 5.82 Å². The number of nitrogens with zero attached hydrogens (tertiary/aromatic N) is 2. The molecule has 1 aromatic carbocycles. The molecule has 0 amide bonds. The van der Waals surface area contributed by atoms with Gasteiger partial charge in [-0.3, -0.25) is 0 Å². The molecule has 4 heterocycles. The molecule has 1 N–H and O–H groups in total. The lowest BCUT2D eigenvalue weighted by Gasteiger charge is -2.41. The Morgan fingerprint density at radius 2 is 1.95 bits per heavy atom. The lowest BCUT2D eigenvalue weighted by molar-refractivity contribution is 0.151. The first kappa shape index (κ1) is 11.2. The average molecular weight is 268 g/mol. The van der Waals surface area contributed by atoms with Crippen molar-refractivity contribution in [3.8, 4) is 0 Å². The fraction of sp³-hybridized carbons (Fsp3) is 0.529. The van der Waals surface area contributed by atoms with Crippen molar-refractivity contribution in [3.63, 3.8) is 0 Å². The summed E-state index contributed by atoms with van der Waals surface area (Å²) in [5, 5.41) is 11.8. The largest absolute Gasteiger partial charge is 0.385 e. The van der Waals surface area contributed by atoms with Crippen molar-refractivity contribution in [2.24, 2.45) is 7.05 Å². The third kappa shape index (κ3) is 1.25. The molecular formula is C17H20N2O. The van der Waals surface area contributed by atoms with Gasteiger partial charge in [0.1, 0.15) is 5.82 Å². The van der Waals surface area contributed by atoms with E-state index in [-0.39, 0.29) is 0 Å². The zero-order valence-electron chi connectivity index (χ0n) is 11.9. The van der Waals surface area contributed by atoms with E-state index in [1.165, 1.54) is 42.7 Å². The molecule has 104 valence electrons. The van der Waals surface area contributed by atoms with E-state index in [0.717, 1.165) is 24.3 Å². The minimum atomic E-state index is -0.523. The Morgan fingerprint density at radius 1 is 1.20 bits per heavy atom. The number of aromatic nitrogens is 1. The van der Waals surface area contributed by atoms with Crippen molar-refractivity contribution < 1.29 is 5.11 Å². The summed E-state index contributed by atoms with van der Waals surface area (Å²) in [5.74, 6) is 2.16. The van der Waals surface area contributed by atoms with Gasteiger partial charge in [0, 0.05) is 36.6 Å². The van der Waals surface area contributed by atoms with E-state index in [1.54, 1.807) is 5.56 Å². The van der Waals surface area contributed by atoms with Gasteiger partial charge in [-0.05, 0) is 49.3 Å². The van der Waals surface area contributed by atoms with Gasteiger partial charge in [0.2, 0.25) is 0 Å². The van der Waals surface area contributed by atoms with E-state index in [0.29, 0.717) is 0 Å².